The van der Waals surface area contributed by atoms with Crippen LogP contribution in [0.25, 0.3) is 0 Å². The Labute approximate surface area is 110 Å². The molecule has 0 unspecified atom stereocenters. The van der Waals surface area contributed by atoms with Gasteiger partial charge in [-0.3, -0.25) is 0 Å². The predicted molar refractivity (Wildman–Crippen MR) is 75.3 cm³/mol. The molecular formula is C13H22N2O2S. The maximum atomic E-state index is 12.0. The van der Waals surface area contributed by atoms with Gasteiger partial charge < -0.3 is 5.32 Å². The first-order valence-corrected chi connectivity index (χ1v) is 7.49. The first-order valence-electron chi connectivity index (χ1n) is 6.01. The van der Waals surface area contributed by atoms with Gasteiger partial charge in [0.05, 0.1) is 4.90 Å². The third-order valence-electron chi connectivity index (χ3n) is 2.06. The quantitative estimate of drug-likeness (QED) is 0.884. The molecule has 0 radical (unpaired) electrons. The van der Waals surface area contributed by atoms with E-state index in [1.807, 2.05) is 34.6 Å². The summed E-state index contributed by atoms with van der Waals surface area (Å²) in [6, 6.07) is 7.09. The Morgan fingerprint density at radius 1 is 1.06 bits per heavy atom. The van der Waals surface area contributed by atoms with Gasteiger partial charge in [-0.25, -0.2) is 13.1 Å². The molecule has 0 fully saturated rings. The number of hydrogen-bond acceptors (Lipinski definition) is 3. The highest BCUT2D eigenvalue weighted by atomic mass is 32.2. The van der Waals surface area contributed by atoms with Crippen molar-refractivity contribution in [2.24, 2.45) is 0 Å². The van der Waals surface area contributed by atoms with Crippen molar-refractivity contribution in [1.29, 1.82) is 0 Å². The normalized spacial score (nSPS) is 12.8. The van der Waals surface area contributed by atoms with Crippen molar-refractivity contribution in [1.82, 2.24) is 4.72 Å². The Morgan fingerprint density at radius 2 is 1.56 bits per heavy atom. The molecule has 0 aliphatic heterocycles. The zero-order chi connectivity index (χ0) is 14.0. The van der Waals surface area contributed by atoms with Gasteiger partial charge in [-0.2, -0.15) is 0 Å². The molecule has 1 rings (SSSR count). The van der Waals surface area contributed by atoms with Crippen LogP contribution in [0.15, 0.2) is 29.2 Å². The first-order chi connectivity index (χ1) is 8.10. The van der Waals surface area contributed by atoms with Crippen molar-refractivity contribution in [2.75, 3.05) is 5.32 Å². The number of rotatable bonds is 4. The van der Waals surface area contributed by atoms with Crippen LogP contribution in [-0.4, -0.2) is 20.0 Å². The van der Waals surface area contributed by atoms with Crippen LogP contribution in [0.1, 0.15) is 34.6 Å². The van der Waals surface area contributed by atoms with Gasteiger partial charge in [0.2, 0.25) is 10.0 Å². The second-order valence-electron chi connectivity index (χ2n) is 5.68. The second-order valence-corrected chi connectivity index (χ2v) is 7.36. The highest BCUT2D eigenvalue weighted by Crippen LogP contribution is 2.16. The van der Waals surface area contributed by atoms with Gasteiger partial charge in [0.15, 0.2) is 0 Å². The molecule has 0 aromatic heterocycles. The third kappa shape index (κ3) is 4.66. The van der Waals surface area contributed by atoms with Gasteiger partial charge in [-0.15, -0.1) is 0 Å². The molecule has 0 bridgehead atoms. The fourth-order valence-electron chi connectivity index (χ4n) is 1.53. The Hall–Kier alpha value is -1.07. The zero-order valence-corrected chi connectivity index (χ0v) is 12.4. The topological polar surface area (TPSA) is 58.2 Å². The summed E-state index contributed by atoms with van der Waals surface area (Å²) in [7, 11) is -3.44. The molecule has 0 atom stereocenters. The van der Waals surface area contributed by atoms with E-state index in [1.165, 1.54) is 0 Å². The van der Waals surface area contributed by atoms with Crippen molar-refractivity contribution >= 4 is 15.7 Å². The molecule has 5 heteroatoms. The summed E-state index contributed by atoms with van der Waals surface area (Å²) in [4.78, 5) is 0.284. The van der Waals surface area contributed by atoms with Crippen LogP contribution in [0.3, 0.4) is 0 Å². The minimum atomic E-state index is -3.44. The van der Waals surface area contributed by atoms with E-state index in [0.717, 1.165) is 5.69 Å². The fourth-order valence-corrected chi connectivity index (χ4v) is 2.94. The average Bonchev–Trinajstić information content (AvgIpc) is 2.13. The predicted octanol–water partition coefficient (Wildman–Crippen LogP) is 2.58. The van der Waals surface area contributed by atoms with Crippen LogP contribution >= 0.6 is 0 Å². The van der Waals surface area contributed by atoms with Crippen molar-refractivity contribution in [3.8, 4) is 0 Å². The van der Waals surface area contributed by atoms with Crippen LogP contribution in [-0.2, 0) is 10.0 Å². The van der Waals surface area contributed by atoms with Crippen LogP contribution in [0, 0.1) is 0 Å². The molecule has 0 spiro atoms. The monoisotopic (exact) mass is 270 g/mol. The minimum absolute atomic E-state index is 0.284. The Bertz CT molecular complexity index is 485. The summed E-state index contributed by atoms with van der Waals surface area (Å²) in [5, 5.41) is 3.22. The van der Waals surface area contributed by atoms with E-state index in [2.05, 4.69) is 10.0 Å². The van der Waals surface area contributed by atoms with Crippen molar-refractivity contribution in [2.45, 2.75) is 51.1 Å². The Kier molecular flexibility index (Phi) is 4.40. The number of nitrogens with one attached hydrogen (secondary N) is 2. The van der Waals surface area contributed by atoms with Crippen molar-refractivity contribution < 1.29 is 8.42 Å². The van der Waals surface area contributed by atoms with Gasteiger partial charge in [0, 0.05) is 17.3 Å². The summed E-state index contributed by atoms with van der Waals surface area (Å²) in [6.45, 7) is 9.52. The Balaban J connectivity index is 2.91. The lowest BCUT2D eigenvalue weighted by atomic mass is 10.1. The molecule has 0 saturated heterocycles. The van der Waals surface area contributed by atoms with E-state index in [0.29, 0.717) is 6.04 Å². The van der Waals surface area contributed by atoms with E-state index >= 15 is 0 Å². The Morgan fingerprint density at radius 3 is 1.94 bits per heavy atom. The molecule has 1 aromatic rings. The summed E-state index contributed by atoms with van der Waals surface area (Å²) >= 11 is 0. The molecule has 0 heterocycles. The summed E-state index contributed by atoms with van der Waals surface area (Å²) in [6.07, 6.45) is 0. The van der Waals surface area contributed by atoms with E-state index < -0.39 is 15.6 Å². The lowest BCUT2D eigenvalue weighted by Crippen LogP contribution is -2.40. The molecule has 18 heavy (non-hydrogen) atoms. The van der Waals surface area contributed by atoms with Crippen LogP contribution in [0.4, 0.5) is 5.69 Å². The van der Waals surface area contributed by atoms with Crippen LogP contribution < -0.4 is 10.0 Å². The molecule has 4 nitrogen and oxygen atoms in total. The number of hydrogen-bond donors (Lipinski definition) is 2. The zero-order valence-electron chi connectivity index (χ0n) is 11.6. The fraction of sp³-hybridized carbons (Fsp3) is 0.538. The lowest BCUT2D eigenvalue weighted by Gasteiger charge is -2.20. The highest BCUT2D eigenvalue weighted by molar-refractivity contribution is 7.89. The third-order valence-corrected chi connectivity index (χ3v) is 3.83. The average molecular weight is 270 g/mol. The minimum Gasteiger partial charge on any atom is -0.383 e. The van der Waals surface area contributed by atoms with Gasteiger partial charge in [0.1, 0.15) is 0 Å². The smallest absolute Gasteiger partial charge is 0.241 e. The molecule has 0 aliphatic carbocycles. The summed E-state index contributed by atoms with van der Waals surface area (Å²) < 4.78 is 26.7. The number of benzene rings is 1. The number of sulfonamides is 1. The van der Waals surface area contributed by atoms with Crippen LogP contribution in [0.5, 0.6) is 0 Å². The van der Waals surface area contributed by atoms with E-state index in [-0.39, 0.29) is 4.90 Å². The van der Waals surface area contributed by atoms with Gasteiger partial charge in [-0.05, 0) is 58.9 Å². The molecule has 0 saturated carbocycles. The SMILES string of the molecule is CC(C)Nc1ccc(S(=O)(=O)NC(C)(C)C)cc1. The first kappa shape index (κ1) is 15.0. The lowest BCUT2D eigenvalue weighted by molar-refractivity contribution is 0.491. The van der Waals surface area contributed by atoms with Gasteiger partial charge in [0.25, 0.3) is 0 Å². The summed E-state index contributed by atoms with van der Waals surface area (Å²) in [5.74, 6) is 0. The van der Waals surface area contributed by atoms with E-state index in [1.54, 1.807) is 24.3 Å². The molecule has 1 aromatic carbocycles. The molecule has 2 N–H and O–H groups in total. The molecular weight excluding hydrogens is 248 g/mol. The maximum Gasteiger partial charge on any atom is 0.241 e. The van der Waals surface area contributed by atoms with Crippen molar-refractivity contribution in [3.63, 3.8) is 0 Å². The molecule has 0 amide bonds. The number of anilines is 1. The highest BCUT2D eigenvalue weighted by Gasteiger charge is 2.21. The second kappa shape index (κ2) is 5.28. The maximum absolute atomic E-state index is 12.0. The van der Waals surface area contributed by atoms with Gasteiger partial charge >= 0.3 is 0 Å². The summed E-state index contributed by atoms with van der Waals surface area (Å²) in [5.41, 5.74) is 0.438. The van der Waals surface area contributed by atoms with E-state index in [4.69, 9.17) is 0 Å². The van der Waals surface area contributed by atoms with Gasteiger partial charge in [-0.1, -0.05) is 0 Å². The van der Waals surface area contributed by atoms with Crippen molar-refractivity contribution in [3.05, 3.63) is 24.3 Å². The molecule has 0 aliphatic rings. The van der Waals surface area contributed by atoms with E-state index in [9.17, 15) is 8.42 Å². The largest absolute Gasteiger partial charge is 0.383 e. The van der Waals surface area contributed by atoms with Crippen LogP contribution in [0.2, 0.25) is 0 Å². The molecule has 102 valence electrons. The standard InChI is InChI=1S/C13H22N2O2S/c1-10(2)14-11-6-8-12(9-7-11)18(16,17)15-13(3,4)5/h6-10,14-15H,1-5H3.